The molecule has 0 amide bonds. The molecular weight excluding hydrogens is 445 g/mol. The molecule has 0 N–H and O–H groups in total. The summed E-state index contributed by atoms with van der Waals surface area (Å²) in [6.45, 7) is 5.84. The molecule has 3 aromatic rings. The average Bonchev–Trinajstić information content (AvgIpc) is 3.09. The van der Waals surface area contributed by atoms with Gasteiger partial charge in [-0.3, -0.25) is 9.69 Å². The molecule has 0 radical (unpaired) electrons. The molecule has 2 aliphatic heterocycles. The first-order valence-electron chi connectivity index (χ1n) is 10.4. The molecule has 0 bridgehead atoms. The van der Waals surface area contributed by atoms with Gasteiger partial charge in [0.05, 0.1) is 11.1 Å². The van der Waals surface area contributed by atoms with E-state index < -0.39 is 0 Å². The van der Waals surface area contributed by atoms with Gasteiger partial charge in [0.15, 0.2) is 5.76 Å². The summed E-state index contributed by atoms with van der Waals surface area (Å²) in [6, 6.07) is 15.5. The number of rotatable bonds is 3. The van der Waals surface area contributed by atoms with E-state index in [4.69, 9.17) is 32.7 Å². The van der Waals surface area contributed by atoms with Crippen LogP contribution in [-0.4, -0.2) is 17.4 Å². The molecule has 2 heterocycles. The summed E-state index contributed by atoms with van der Waals surface area (Å²) in [5.41, 5.74) is 5.43. The van der Waals surface area contributed by atoms with Crippen molar-refractivity contribution in [3.63, 3.8) is 0 Å². The molecule has 6 heteroatoms. The number of carbonyl (C=O) groups is 1. The van der Waals surface area contributed by atoms with E-state index in [9.17, 15) is 4.79 Å². The van der Waals surface area contributed by atoms with Gasteiger partial charge in [0.2, 0.25) is 5.78 Å². The SMILES string of the molecule is Cc1ccc(CN2COc3cc(C)c4c(c3C2)O/C(=C\c2ccc(Cl)cc2Cl)C4=O)cc1. The number of ether oxygens (including phenoxy) is 2. The third-order valence-electron chi connectivity index (χ3n) is 5.76. The Bertz CT molecular complexity index is 1270. The van der Waals surface area contributed by atoms with Crippen molar-refractivity contribution in [3.05, 3.63) is 97.7 Å². The Labute approximate surface area is 197 Å². The molecule has 0 aromatic heterocycles. The lowest BCUT2D eigenvalue weighted by molar-refractivity contribution is 0.0872. The van der Waals surface area contributed by atoms with E-state index in [0.29, 0.717) is 40.2 Å². The maximum absolute atomic E-state index is 13.2. The Morgan fingerprint density at radius 1 is 1.06 bits per heavy atom. The predicted octanol–water partition coefficient (Wildman–Crippen LogP) is 6.58. The third kappa shape index (κ3) is 3.90. The zero-order valence-corrected chi connectivity index (χ0v) is 19.3. The van der Waals surface area contributed by atoms with Crippen molar-refractivity contribution in [1.82, 2.24) is 4.90 Å². The van der Waals surface area contributed by atoms with E-state index in [-0.39, 0.29) is 11.5 Å². The lowest BCUT2D eigenvalue weighted by Gasteiger charge is -2.30. The second kappa shape index (κ2) is 8.28. The second-order valence-electron chi connectivity index (χ2n) is 8.23. The van der Waals surface area contributed by atoms with E-state index in [1.54, 1.807) is 24.3 Å². The van der Waals surface area contributed by atoms with Crippen LogP contribution in [0.15, 0.2) is 54.3 Å². The Morgan fingerprint density at radius 2 is 1.84 bits per heavy atom. The van der Waals surface area contributed by atoms with E-state index >= 15 is 0 Å². The fourth-order valence-electron chi connectivity index (χ4n) is 4.09. The van der Waals surface area contributed by atoms with Gasteiger partial charge in [0, 0.05) is 23.1 Å². The summed E-state index contributed by atoms with van der Waals surface area (Å²) in [7, 11) is 0. The van der Waals surface area contributed by atoms with Crippen LogP contribution in [0, 0.1) is 13.8 Å². The van der Waals surface area contributed by atoms with Crippen molar-refractivity contribution in [3.8, 4) is 11.5 Å². The number of ketones is 1. The zero-order chi connectivity index (χ0) is 22.4. The Balaban J connectivity index is 1.46. The molecule has 0 atom stereocenters. The van der Waals surface area contributed by atoms with Crippen molar-refractivity contribution >= 4 is 35.1 Å². The molecule has 162 valence electrons. The molecule has 3 aromatic carbocycles. The van der Waals surface area contributed by atoms with Crippen LogP contribution in [0.3, 0.4) is 0 Å². The summed E-state index contributed by atoms with van der Waals surface area (Å²) in [5.74, 6) is 1.44. The van der Waals surface area contributed by atoms with E-state index in [0.717, 1.165) is 23.4 Å². The van der Waals surface area contributed by atoms with Gasteiger partial charge in [-0.1, -0.05) is 59.1 Å². The minimum Gasteiger partial charge on any atom is -0.478 e. The molecule has 32 heavy (non-hydrogen) atoms. The van der Waals surface area contributed by atoms with Gasteiger partial charge in [-0.05, 0) is 54.8 Å². The highest BCUT2D eigenvalue weighted by atomic mass is 35.5. The monoisotopic (exact) mass is 465 g/mol. The summed E-state index contributed by atoms with van der Waals surface area (Å²) in [5, 5.41) is 0.999. The number of fused-ring (bicyclic) bond motifs is 3. The minimum absolute atomic E-state index is 0.151. The van der Waals surface area contributed by atoms with Crippen LogP contribution < -0.4 is 9.47 Å². The van der Waals surface area contributed by atoms with Gasteiger partial charge >= 0.3 is 0 Å². The molecule has 2 aliphatic rings. The standard InChI is InChI=1S/C26H21Cl2NO3/c1-15-3-5-17(6-4-15)12-29-13-20-22(31-14-29)9-16(2)24-25(30)23(32-26(20)24)10-18-7-8-19(27)11-21(18)28/h3-11H,12-14H2,1-2H3/b23-10-. The van der Waals surface area contributed by atoms with Gasteiger partial charge < -0.3 is 9.47 Å². The Kier molecular flexibility index (Phi) is 5.46. The number of halogens is 2. The molecule has 4 nitrogen and oxygen atoms in total. The smallest absolute Gasteiger partial charge is 0.232 e. The van der Waals surface area contributed by atoms with Crippen LogP contribution in [0.25, 0.3) is 6.08 Å². The number of hydrogen-bond acceptors (Lipinski definition) is 4. The van der Waals surface area contributed by atoms with Crippen LogP contribution in [0.2, 0.25) is 10.0 Å². The first-order valence-corrected chi connectivity index (χ1v) is 11.1. The maximum atomic E-state index is 13.2. The van der Waals surface area contributed by atoms with Gasteiger partial charge in [0.25, 0.3) is 0 Å². The lowest BCUT2D eigenvalue weighted by atomic mass is 9.98. The quantitative estimate of drug-likeness (QED) is 0.409. The molecule has 0 unspecified atom stereocenters. The highest BCUT2D eigenvalue weighted by Crippen LogP contribution is 2.44. The van der Waals surface area contributed by atoms with Crippen LogP contribution >= 0.6 is 23.2 Å². The number of nitrogens with zero attached hydrogens (tertiary/aromatic N) is 1. The zero-order valence-electron chi connectivity index (χ0n) is 17.7. The number of benzene rings is 3. The Morgan fingerprint density at radius 3 is 2.59 bits per heavy atom. The number of allylic oxidation sites excluding steroid dienone is 1. The predicted molar refractivity (Wildman–Crippen MR) is 126 cm³/mol. The van der Waals surface area contributed by atoms with Gasteiger partial charge in [0.1, 0.15) is 18.2 Å². The van der Waals surface area contributed by atoms with Crippen LogP contribution in [-0.2, 0) is 13.1 Å². The molecular formula is C26H21Cl2NO3. The van der Waals surface area contributed by atoms with E-state index in [1.807, 2.05) is 13.0 Å². The van der Waals surface area contributed by atoms with Crippen molar-refractivity contribution in [2.24, 2.45) is 0 Å². The maximum Gasteiger partial charge on any atom is 0.232 e. The van der Waals surface area contributed by atoms with E-state index in [1.165, 1.54) is 11.1 Å². The highest BCUT2D eigenvalue weighted by Gasteiger charge is 2.35. The first-order chi connectivity index (χ1) is 15.4. The summed E-state index contributed by atoms with van der Waals surface area (Å²) >= 11 is 12.3. The molecule has 0 saturated heterocycles. The normalized spacial score (nSPS) is 16.5. The average molecular weight is 466 g/mol. The topological polar surface area (TPSA) is 38.8 Å². The Hall–Kier alpha value is -2.79. The molecule has 0 aliphatic carbocycles. The van der Waals surface area contributed by atoms with Crippen molar-refractivity contribution in [1.29, 1.82) is 0 Å². The summed E-state index contributed by atoms with van der Waals surface area (Å²) in [6.07, 6.45) is 1.67. The second-order valence-corrected chi connectivity index (χ2v) is 9.07. The van der Waals surface area contributed by atoms with Crippen molar-refractivity contribution in [2.75, 3.05) is 6.73 Å². The van der Waals surface area contributed by atoms with Crippen molar-refractivity contribution in [2.45, 2.75) is 26.9 Å². The van der Waals surface area contributed by atoms with Crippen LogP contribution in [0.1, 0.15) is 38.2 Å². The van der Waals surface area contributed by atoms with Crippen molar-refractivity contribution < 1.29 is 14.3 Å². The fourth-order valence-corrected chi connectivity index (χ4v) is 4.55. The van der Waals surface area contributed by atoms with E-state index in [2.05, 4.69) is 36.1 Å². The summed E-state index contributed by atoms with van der Waals surface area (Å²) in [4.78, 5) is 15.4. The van der Waals surface area contributed by atoms with Crippen LogP contribution in [0.4, 0.5) is 0 Å². The highest BCUT2D eigenvalue weighted by molar-refractivity contribution is 6.35. The largest absolute Gasteiger partial charge is 0.478 e. The van der Waals surface area contributed by atoms with Crippen LogP contribution in [0.5, 0.6) is 11.5 Å². The summed E-state index contributed by atoms with van der Waals surface area (Å²) < 4.78 is 12.2. The fraction of sp³-hybridized carbons (Fsp3) is 0.192. The van der Waals surface area contributed by atoms with Gasteiger partial charge in [-0.2, -0.15) is 0 Å². The van der Waals surface area contributed by atoms with Gasteiger partial charge in [-0.25, -0.2) is 0 Å². The minimum atomic E-state index is -0.151. The molecule has 0 spiro atoms. The molecule has 0 saturated carbocycles. The van der Waals surface area contributed by atoms with Gasteiger partial charge in [-0.15, -0.1) is 0 Å². The number of carbonyl (C=O) groups excluding carboxylic acids is 1. The number of Topliss-reactive ketones (excluding diaryl/α,β-unsaturated/α-hetero) is 1. The number of hydrogen-bond donors (Lipinski definition) is 0. The third-order valence-corrected chi connectivity index (χ3v) is 6.33. The first kappa shape index (κ1) is 21.1. The number of aryl methyl sites for hydroxylation is 2. The molecule has 0 fully saturated rings. The molecule has 5 rings (SSSR count). The lowest BCUT2D eigenvalue weighted by Crippen LogP contribution is -2.31.